The fraction of sp³-hybridized carbons (Fsp3) is 0.211. The molecule has 0 spiro atoms. The Morgan fingerprint density at radius 3 is 1.64 bits per heavy atom. The predicted molar refractivity (Wildman–Crippen MR) is 164 cm³/mol. The van der Waals surface area contributed by atoms with Crippen molar-refractivity contribution in [1.29, 1.82) is 0 Å². The summed E-state index contributed by atoms with van der Waals surface area (Å²) in [5, 5.41) is 0. The molecule has 0 amide bonds. The highest BCUT2D eigenvalue weighted by atomic mass is 16.5. The minimum Gasteiger partial charge on any atom is -0.496 e. The first-order valence-corrected chi connectivity index (χ1v) is 13.9. The highest BCUT2D eigenvalue weighted by molar-refractivity contribution is 5.89. The summed E-state index contributed by atoms with van der Waals surface area (Å²) in [7, 11) is 1.74. The zero-order valence-corrected chi connectivity index (χ0v) is 23.6. The van der Waals surface area contributed by atoms with Crippen molar-refractivity contribution < 1.29 is 4.74 Å². The van der Waals surface area contributed by atoms with Crippen molar-refractivity contribution in [2.24, 2.45) is 0 Å². The SMILES string of the molecule is COc1ccccc1-c1ccc2c(c1)C(C)(C)c1cc(-c3cc4c(cc3C)-c3ccccc3C4(C)C)ccc1-2. The van der Waals surface area contributed by atoms with Crippen molar-refractivity contribution in [3.63, 3.8) is 0 Å². The van der Waals surface area contributed by atoms with Gasteiger partial charge in [0, 0.05) is 16.4 Å². The molecular formula is C38H34O. The number of hydrogen-bond acceptors (Lipinski definition) is 1. The van der Waals surface area contributed by atoms with E-state index in [1.54, 1.807) is 7.11 Å². The molecule has 0 aromatic heterocycles. The van der Waals surface area contributed by atoms with E-state index in [9.17, 15) is 0 Å². The molecule has 0 unspecified atom stereocenters. The summed E-state index contributed by atoms with van der Waals surface area (Å²) in [6, 6.07) is 36.1. The summed E-state index contributed by atoms with van der Waals surface area (Å²) >= 11 is 0. The third kappa shape index (κ3) is 3.32. The highest BCUT2D eigenvalue weighted by Gasteiger charge is 2.38. The van der Waals surface area contributed by atoms with E-state index in [2.05, 4.69) is 120 Å². The first kappa shape index (κ1) is 24.0. The first-order valence-electron chi connectivity index (χ1n) is 13.9. The third-order valence-corrected chi connectivity index (χ3v) is 9.33. The number of ether oxygens (including phenoxy) is 1. The molecule has 0 saturated carbocycles. The van der Waals surface area contributed by atoms with E-state index in [0.29, 0.717) is 0 Å². The number of hydrogen-bond donors (Lipinski definition) is 0. The Kier molecular flexibility index (Phi) is 5.04. The molecule has 0 bridgehead atoms. The van der Waals surface area contributed by atoms with Crippen LogP contribution in [-0.4, -0.2) is 7.11 Å². The molecule has 2 aliphatic carbocycles. The van der Waals surface area contributed by atoms with Crippen molar-refractivity contribution in [2.75, 3.05) is 7.11 Å². The van der Waals surface area contributed by atoms with Gasteiger partial charge in [-0.25, -0.2) is 0 Å². The van der Waals surface area contributed by atoms with Gasteiger partial charge in [0.2, 0.25) is 0 Å². The lowest BCUT2D eigenvalue weighted by molar-refractivity contribution is 0.416. The van der Waals surface area contributed by atoms with Crippen LogP contribution in [0, 0.1) is 6.92 Å². The molecule has 2 aliphatic rings. The Hall–Kier alpha value is -4.10. The van der Waals surface area contributed by atoms with Gasteiger partial charge in [-0.1, -0.05) is 100 Å². The molecule has 0 atom stereocenters. The number of aryl methyl sites for hydroxylation is 1. The average molecular weight is 507 g/mol. The Bertz CT molecular complexity index is 1800. The Balaban J connectivity index is 1.34. The summed E-state index contributed by atoms with van der Waals surface area (Å²) in [6.07, 6.45) is 0. The molecule has 5 aromatic rings. The molecule has 1 heteroatoms. The van der Waals surface area contributed by atoms with Gasteiger partial charge in [0.05, 0.1) is 7.11 Å². The Morgan fingerprint density at radius 2 is 0.974 bits per heavy atom. The fourth-order valence-electron chi connectivity index (χ4n) is 7.12. The van der Waals surface area contributed by atoms with Crippen LogP contribution < -0.4 is 4.74 Å². The minimum atomic E-state index is -0.0984. The molecule has 0 aliphatic heterocycles. The van der Waals surface area contributed by atoms with Crippen LogP contribution >= 0.6 is 0 Å². The molecule has 0 N–H and O–H groups in total. The normalized spacial score (nSPS) is 15.3. The molecule has 7 rings (SSSR count). The van der Waals surface area contributed by atoms with Gasteiger partial charge in [0.25, 0.3) is 0 Å². The summed E-state index contributed by atoms with van der Waals surface area (Å²) in [5.41, 5.74) is 17.2. The van der Waals surface area contributed by atoms with Crippen molar-refractivity contribution in [2.45, 2.75) is 45.4 Å². The Morgan fingerprint density at radius 1 is 0.462 bits per heavy atom. The van der Waals surface area contributed by atoms with E-state index < -0.39 is 0 Å². The number of rotatable bonds is 3. The fourth-order valence-corrected chi connectivity index (χ4v) is 7.12. The van der Waals surface area contributed by atoms with Gasteiger partial charge in [0.1, 0.15) is 5.75 Å². The number of benzene rings is 5. The van der Waals surface area contributed by atoms with Gasteiger partial charge >= 0.3 is 0 Å². The van der Waals surface area contributed by atoms with Crippen molar-refractivity contribution >= 4 is 0 Å². The van der Waals surface area contributed by atoms with Crippen LogP contribution in [0.2, 0.25) is 0 Å². The average Bonchev–Trinajstić information content (AvgIpc) is 3.31. The molecule has 192 valence electrons. The lowest BCUT2D eigenvalue weighted by Gasteiger charge is -2.24. The van der Waals surface area contributed by atoms with Crippen LogP contribution in [0.4, 0.5) is 0 Å². The van der Waals surface area contributed by atoms with E-state index in [1.807, 2.05) is 12.1 Å². The van der Waals surface area contributed by atoms with Gasteiger partial charge in [-0.15, -0.1) is 0 Å². The van der Waals surface area contributed by atoms with Crippen molar-refractivity contribution in [3.05, 3.63) is 125 Å². The van der Waals surface area contributed by atoms with Gasteiger partial charge in [0.15, 0.2) is 0 Å². The summed E-state index contributed by atoms with van der Waals surface area (Å²) < 4.78 is 5.68. The Labute approximate surface area is 232 Å². The van der Waals surface area contributed by atoms with Crippen LogP contribution in [0.3, 0.4) is 0 Å². The second-order valence-corrected chi connectivity index (χ2v) is 12.2. The summed E-state index contributed by atoms with van der Waals surface area (Å²) in [4.78, 5) is 0. The van der Waals surface area contributed by atoms with Crippen LogP contribution in [0.25, 0.3) is 44.5 Å². The quantitative estimate of drug-likeness (QED) is 0.237. The van der Waals surface area contributed by atoms with Gasteiger partial charge in [-0.05, 0) is 98.0 Å². The number of fused-ring (bicyclic) bond motifs is 6. The van der Waals surface area contributed by atoms with Crippen molar-refractivity contribution in [3.8, 4) is 50.3 Å². The molecule has 39 heavy (non-hydrogen) atoms. The second kappa shape index (κ2) is 8.20. The predicted octanol–water partition coefficient (Wildman–Crippen LogP) is 9.95. The second-order valence-electron chi connectivity index (χ2n) is 12.2. The topological polar surface area (TPSA) is 9.23 Å². The van der Waals surface area contributed by atoms with E-state index in [4.69, 9.17) is 4.74 Å². The lowest BCUT2D eigenvalue weighted by Crippen LogP contribution is -2.15. The molecule has 0 radical (unpaired) electrons. The van der Waals surface area contributed by atoms with Crippen LogP contribution in [0.15, 0.2) is 97.1 Å². The minimum absolute atomic E-state index is 0.00446. The van der Waals surface area contributed by atoms with Gasteiger partial charge < -0.3 is 4.74 Å². The summed E-state index contributed by atoms with van der Waals surface area (Å²) in [5.74, 6) is 0.908. The van der Waals surface area contributed by atoms with E-state index in [-0.39, 0.29) is 10.8 Å². The number of para-hydroxylation sites is 1. The first-order chi connectivity index (χ1) is 18.7. The maximum atomic E-state index is 5.68. The van der Waals surface area contributed by atoms with Crippen LogP contribution in [0.1, 0.15) is 55.5 Å². The number of methoxy groups -OCH3 is 1. The zero-order chi connectivity index (χ0) is 27.1. The van der Waals surface area contributed by atoms with Crippen LogP contribution in [0.5, 0.6) is 5.75 Å². The maximum Gasteiger partial charge on any atom is 0.126 e. The van der Waals surface area contributed by atoms with Crippen molar-refractivity contribution in [1.82, 2.24) is 0 Å². The van der Waals surface area contributed by atoms with Gasteiger partial charge in [-0.3, -0.25) is 0 Å². The molecule has 0 fully saturated rings. The molecule has 0 heterocycles. The smallest absolute Gasteiger partial charge is 0.126 e. The summed E-state index contributed by atoms with van der Waals surface area (Å²) in [6.45, 7) is 11.7. The van der Waals surface area contributed by atoms with Crippen LogP contribution in [-0.2, 0) is 10.8 Å². The largest absolute Gasteiger partial charge is 0.496 e. The zero-order valence-electron chi connectivity index (χ0n) is 23.6. The third-order valence-electron chi connectivity index (χ3n) is 9.33. The van der Waals surface area contributed by atoms with E-state index in [1.165, 1.54) is 66.8 Å². The van der Waals surface area contributed by atoms with E-state index >= 15 is 0 Å². The molecule has 0 saturated heterocycles. The monoisotopic (exact) mass is 506 g/mol. The standard InChI is InChI=1S/C38H34O/c1-23-19-31-27-12-7-9-13-32(27)37(2,3)35(31)22-30(23)25-16-18-29-28-17-15-24(26-11-8-10-14-36(26)39-6)20-33(28)38(4,5)34(29)21-25/h7-22H,1-6H3. The maximum absolute atomic E-state index is 5.68. The molecular weight excluding hydrogens is 472 g/mol. The van der Waals surface area contributed by atoms with Gasteiger partial charge in [-0.2, -0.15) is 0 Å². The molecule has 1 nitrogen and oxygen atoms in total. The molecule has 5 aromatic carbocycles. The highest BCUT2D eigenvalue weighted by Crippen LogP contribution is 2.53. The lowest BCUT2D eigenvalue weighted by atomic mass is 9.79. The van der Waals surface area contributed by atoms with E-state index in [0.717, 1.165) is 11.3 Å².